The Morgan fingerprint density at radius 1 is 0.176 bits per heavy atom. The molecule has 18 nitrogen and oxygen atoms in total. The van der Waals surface area contributed by atoms with Crippen LogP contribution in [0.25, 0.3) is 0 Å². The van der Waals surface area contributed by atoms with Crippen molar-refractivity contribution in [2.24, 2.45) is 0 Å². The van der Waals surface area contributed by atoms with Crippen molar-refractivity contribution in [2.45, 2.75) is 71.8 Å². The van der Waals surface area contributed by atoms with Gasteiger partial charge in [0.05, 0.1) is 23.7 Å². The maximum absolute atomic E-state index is 13.5. The summed E-state index contributed by atoms with van der Waals surface area (Å²) >= 11 is 0. The molecule has 0 radical (unpaired) electrons. The van der Waals surface area contributed by atoms with Crippen molar-refractivity contribution in [2.75, 3.05) is 0 Å². The Kier molecular flexibility index (Phi) is 13.7. The molecule has 102 heavy (non-hydrogen) atoms. The fraction of sp³-hybridized carbons (Fsp3) is 0.143. The smallest absolute Gasteiger partial charge is 0.135 e. The van der Waals surface area contributed by atoms with Gasteiger partial charge in [0.25, 0.3) is 0 Å². The van der Waals surface area contributed by atoms with Gasteiger partial charge in [-0.25, -0.2) is 0 Å². The number of fused-ring (bicyclic) bond motifs is 13. The van der Waals surface area contributed by atoms with E-state index in [0.717, 1.165) is 5.56 Å². The second-order valence-corrected chi connectivity index (χ2v) is 27.4. The molecule has 506 valence electrons. The second kappa shape index (κ2) is 22.8. The summed E-state index contributed by atoms with van der Waals surface area (Å²) in [5, 5.41) is 161. The van der Waals surface area contributed by atoms with Crippen molar-refractivity contribution in [1.29, 1.82) is 0 Å². The molecule has 2 bridgehead atoms. The van der Waals surface area contributed by atoms with E-state index in [9.17, 15) is 71.5 Å². The topological polar surface area (TPSA) is 320 Å². The van der Waals surface area contributed by atoms with E-state index in [1.807, 2.05) is 30.3 Å². The molecule has 14 N–H and O–H groups in total. The summed E-state index contributed by atoms with van der Waals surface area (Å²) in [6, 6.07) is 57.9. The van der Waals surface area contributed by atoms with Crippen LogP contribution >= 0.6 is 0 Å². The lowest BCUT2D eigenvalue weighted by Gasteiger charge is -2.41. The van der Waals surface area contributed by atoms with Crippen LogP contribution < -0.4 is 18.9 Å². The lowest BCUT2D eigenvalue weighted by molar-refractivity contribution is 0.219. The highest BCUT2D eigenvalue weighted by molar-refractivity contribution is 5.77. The van der Waals surface area contributed by atoms with Crippen LogP contribution in [-0.4, -0.2) is 71.5 Å². The maximum Gasteiger partial charge on any atom is 0.135 e. The number of rotatable bonds is 10. The van der Waals surface area contributed by atoms with Crippen molar-refractivity contribution in [3.05, 3.63) is 319 Å². The molecule has 6 aliphatic rings. The number of phenolic OH excluding ortho intramolecular Hbond substituents is 14. The Morgan fingerprint density at radius 2 is 0.510 bits per heavy atom. The first-order chi connectivity index (χ1) is 49.3. The van der Waals surface area contributed by atoms with Gasteiger partial charge in [0.1, 0.15) is 128 Å². The Morgan fingerprint density at radius 3 is 0.951 bits per heavy atom. The molecule has 18 rings (SSSR count). The molecule has 0 spiro atoms. The molecular formula is C84H62O18. The van der Waals surface area contributed by atoms with E-state index in [0.29, 0.717) is 100 Å². The van der Waals surface area contributed by atoms with Gasteiger partial charge in [-0.05, 0) is 182 Å². The third-order valence-corrected chi connectivity index (χ3v) is 21.5. The van der Waals surface area contributed by atoms with Crippen LogP contribution in [0, 0.1) is 0 Å². The Bertz CT molecular complexity index is 5370. The van der Waals surface area contributed by atoms with Crippen molar-refractivity contribution in [1.82, 2.24) is 0 Å². The third kappa shape index (κ3) is 9.68. The number of benzene rings is 12. The third-order valence-electron chi connectivity index (χ3n) is 21.5. The lowest BCUT2D eigenvalue weighted by atomic mass is 9.60. The Balaban J connectivity index is 0.872. The highest BCUT2D eigenvalue weighted by Crippen LogP contribution is 2.74. The summed E-state index contributed by atoms with van der Waals surface area (Å²) in [5.41, 5.74) is 9.97. The van der Waals surface area contributed by atoms with Crippen LogP contribution in [0.15, 0.2) is 218 Å². The van der Waals surface area contributed by atoms with E-state index in [-0.39, 0.29) is 97.7 Å². The minimum absolute atomic E-state index is 0.00297. The van der Waals surface area contributed by atoms with Crippen molar-refractivity contribution < 1.29 is 90.4 Å². The van der Waals surface area contributed by atoms with E-state index >= 15 is 0 Å². The van der Waals surface area contributed by atoms with Crippen LogP contribution in [-0.2, 0) is 0 Å². The Hall–Kier alpha value is -13.0. The quantitative estimate of drug-likeness (QED) is 0.0605. The van der Waals surface area contributed by atoms with Gasteiger partial charge in [-0.15, -0.1) is 0 Å². The molecule has 0 aromatic heterocycles. The van der Waals surface area contributed by atoms with Crippen LogP contribution in [0.5, 0.6) is 103 Å². The molecule has 4 heterocycles. The molecule has 0 saturated carbocycles. The molecule has 12 aromatic rings. The van der Waals surface area contributed by atoms with Crippen LogP contribution in [0.1, 0.15) is 172 Å². The van der Waals surface area contributed by atoms with Gasteiger partial charge >= 0.3 is 0 Å². The number of aromatic hydroxyl groups is 14. The predicted octanol–water partition coefficient (Wildman–Crippen LogP) is 15.8. The molecule has 12 unspecified atom stereocenters. The van der Waals surface area contributed by atoms with Gasteiger partial charge in [0.2, 0.25) is 0 Å². The van der Waals surface area contributed by atoms with Crippen LogP contribution in [0.2, 0.25) is 0 Å². The average molecular weight is 1360 g/mol. The number of phenols is 14. The van der Waals surface area contributed by atoms with Gasteiger partial charge in [-0.2, -0.15) is 0 Å². The van der Waals surface area contributed by atoms with Crippen molar-refractivity contribution >= 4 is 0 Å². The molecular weight excluding hydrogens is 1300 g/mol. The highest BCUT2D eigenvalue weighted by atomic mass is 16.5. The number of ether oxygens (including phenoxy) is 4. The van der Waals surface area contributed by atoms with E-state index < -0.39 is 71.8 Å². The molecule has 18 heteroatoms. The molecule has 0 amide bonds. The number of hydrogen-bond acceptors (Lipinski definition) is 18. The molecule has 12 atom stereocenters. The molecule has 0 saturated heterocycles. The summed E-state index contributed by atoms with van der Waals surface area (Å²) in [7, 11) is 0. The first kappa shape index (κ1) is 61.4. The molecule has 12 aromatic carbocycles. The minimum atomic E-state index is -1.06. The van der Waals surface area contributed by atoms with E-state index in [4.69, 9.17) is 18.9 Å². The van der Waals surface area contributed by atoms with Gasteiger partial charge < -0.3 is 90.4 Å². The SMILES string of the molecule is Oc1ccc(C2Oc3ccc(C4Oc5cc(O)c6c(c5C4c4cc(O)cc(O)c4)C4C(c5ccc(O)cc5)c5c(O)cc7c(c5C6C4c4ccc(O)cc4)C(c4cc(O)cc(O)c4)C(c4ccc(O)cc4)O7)cc3C2c2cc(O)cc3c2C(c2cc(O)cc(O)c2)C(c2ccc(O)cc2)O3)cc1. The number of hydrogen-bond donors (Lipinski definition) is 14. The van der Waals surface area contributed by atoms with Gasteiger partial charge in [-0.1, -0.05) is 66.7 Å². The first-order valence-corrected chi connectivity index (χ1v) is 33.3. The largest absolute Gasteiger partial charge is 0.508 e. The maximum atomic E-state index is 13.5. The van der Waals surface area contributed by atoms with Crippen LogP contribution in [0.4, 0.5) is 0 Å². The van der Waals surface area contributed by atoms with Crippen LogP contribution in [0.3, 0.4) is 0 Å². The predicted molar refractivity (Wildman–Crippen MR) is 371 cm³/mol. The zero-order valence-corrected chi connectivity index (χ0v) is 53.6. The average Bonchev–Trinajstić information content (AvgIpc) is 1.50. The fourth-order valence-electron chi connectivity index (χ4n) is 17.8. The Labute approximate surface area is 581 Å². The zero-order valence-electron chi connectivity index (χ0n) is 53.6. The summed E-state index contributed by atoms with van der Waals surface area (Å²) in [4.78, 5) is 0. The summed E-state index contributed by atoms with van der Waals surface area (Å²) in [6.07, 6.45) is -3.66. The van der Waals surface area contributed by atoms with Crippen molar-refractivity contribution in [3.8, 4) is 103 Å². The summed E-state index contributed by atoms with van der Waals surface area (Å²) in [6.45, 7) is 0. The summed E-state index contributed by atoms with van der Waals surface area (Å²) < 4.78 is 28.4. The normalized spacial score (nSPS) is 22.8. The summed E-state index contributed by atoms with van der Waals surface area (Å²) in [5.74, 6) is -7.37. The molecule has 0 fully saturated rings. The van der Waals surface area contributed by atoms with Gasteiger partial charge in [0, 0.05) is 93.5 Å². The lowest BCUT2D eigenvalue weighted by Crippen LogP contribution is -2.28. The molecule has 2 aliphatic carbocycles. The standard InChI is InChI=1S/C84H62O18/c85-46-12-1-37(2-13-46)66-73-60(97)35-64-75(69(44-25-53(92)31-54(93)26-44)82(101-64)40-7-18-49(88)19-8-40)79(73)78-67(38-3-14-47(86)15-4-38)77(66)80-74(78)61(98)36-65-76(80)70(45-27-55(94)32-56(95)28-45)84(102-65)42-11-22-62-58(29-42)71(83(99-62)41-9-20-50(89)21-10-41)59-33-57(96)34-63-72(59)68(43-23-51(90)30-52(91)24-43)81(100-63)39-5-16-48(87)17-6-39/h1-36,66-71,77-78,81-98H. The minimum Gasteiger partial charge on any atom is -0.508 e. The van der Waals surface area contributed by atoms with E-state index in [1.54, 1.807) is 115 Å². The second-order valence-electron chi connectivity index (χ2n) is 27.4. The first-order valence-electron chi connectivity index (χ1n) is 33.3. The monoisotopic (exact) mass is 1360 g/mol. The molecule has 4 aliphatic heterocycles. The van der Waals surface area contributed by atoms with E-state index in [1.165, 1.54) is 72.8 Å². The van der Waals surface area contributed by atoms with Crippen molar-refractivity contribution in [3.63, 3.8) is 0 Å². The highest BCUT2D eigenvalue weighted by Gasteiger charge is 2.60. The fourth-order valence-corrected chi connectivity index (χ4v) is 17.8. The van der Waals surface area contributed by atoms with Gasteiger partial charge in [0.15, 0.2) is 0 Å². The van der Waals surface area contributed by atoms with E-state index in [2.05, 4.69) is 0 Å². The zero-order chi connectivity index (χ0) is 70.0. The van der Waals surface area contributed by atoms with Gasteiger partial charge in [-0.3, -0.25) is 0 Å².